The number of nitrogens with one attached hydrogen (secondary N) is 1. The van der Waals surface area contributed by atoms with Crippen LogP contribution in [0.3, 0.4) is 0 Å². The molecule has 0 bridgehead atoms. The molecule has 27 heavy (non-hydrogen) atoms. The van der Waals surface area contributed by atoms with Crippen LogP contribution in [0.5, 0.6) is 17.4 Å². The van der Waals surface area contributed by atoms with E-state index in [0.29, 0.717) is 17.2 Å². The summed E-state index contributed by atoms with van der Waals surface area (Å²) in [5.41, 5.74) is 1.02. The molecular weight excluding hydrogens is 348 g/mol. The van der Waals surface area contributed by atoms with E-state index in [4.69, 9.17) is 9.47 Å². The number of methoxy groups -OCH3 is 2. The van der Waals surface area contributed by atoms with E-state index in [1.54, 1.807) is 12.1 Å². The van der Waals surface area contributed by atoms with Crippen LogP contribution in [0.15, 0.2) is 41.2 Å². The van der Waals surface area contributed by atoms with E-state index in [0.717, 1.165) is 10.1 Å². The standard InChI is InChI=1S/C20H20N2O5/c1-11-7-5-6-8-14(11)21-18(23)17-12-9-15(26-3)16(27-4)10-13(12)19(24)22(2)20(17)25/h5-10,25H,1-4H3,(H,21,23). The third-order valence-electron chi connectivity index (χ3n) is 4.49. The average molecular weight is 368 g/mol. The van der Waals surface area contributed by atoms with Crippen LogP contribution < -0.4 is 20.3 Å². The van der Waals surface area contributed by atoms with E-state index in [2.05, 4.69) is 5.32 Å². The minimum Gasteiger partial charge on any atom is -0.494 e. The van der Waals surface area contributed by atoms with Gasteiger partial charge in [-0.3, -0.25) is 14.2 Å². The number of hydrogen-bond acceptors (Lipinski definition) is 5. The monoisotopic (exact) mass is 368 g/mol. The molecule has 2 aromatic carbocycles. The van der Waals surface area contributed by atoms with Crippen LogP contribution in [0.2, 0.25) is 0 Å². The molecular formula is C20H20N2O5. The Hall–Kier alpha value is -3.48. The second kappa shape index (κ2) is 7.03. The maximum Gasteiger partial charge on any atom is 0.261 e. The van der Waals surface area contributed by atoms with E-state index >= 15 is 0 Å². The van der Waals surface area contributed by atoms with E-state index in [1.165, 1.54) is 33.4 Å². The van der Waals surface area contributed by atoms with Gasteiger partial charge in [-0.1, -0.05) is 18.2 Å². The quantitative estimate of drug-likeness (QED) is 0.739. The lowest BCUT2D eigenvalue weighted by molar-refractivity contribution is 0.102. The van der Waals surface area contributed by atoms with Gasteiger partial charge in [0, 0.05) is 18.1 Å². The number of carbonyl (C=O) groups is 1. The zero-order valence-electron chi connectivity index (χ0n) is 15.5. The van der Waals surface area contributed by atoms with Gasteiger partial charge < -0.3 is 19.9 Å². The summed E-state index contributed by atoms with van der Waals surface area (Å²) >= 11 is 0. The molecule has 0 aliphatic heterocycles. The number of carbonyl (C=O) groups excluding carboxylic acids is 1. The van der Waals surface area contributed by atoms with Crippen LogP contribution in [-0.2, 0) is 7.05 Å². The van der Waals surface area contributed by atoms with Crippen molar-refractivity contribution >= 4 is 22.4 Å². The van der Waals surface area contributed by atoms with Gasteiger partial charge in [-0.25, -0.2) is 0 Å². The molecule has 0 unspecified atom stereocenters. The van der Waals surface area contributed by atoms with Gasteiger partial charge in [0.05, 0.1) is 19.6 Å². The largest absolute Gasteiger partial charge is 0.494 e. The highest BCUT2D eigenvalue weighted by Crippen LogP contribution is 2.35. The summed E-state index contributed by atoms with van der Waals surface area (Å²) in [4.78, 5) is 25.5. The molecule has 3 aromatic rings. The molecule has 2 N–H and O–H groups in total. The Bertz CT molecular complexity index is 1100. The Morgan fingerprint density at radius 2 is 1.67 bits per heavy atom. The van der Waals surface area contributed by atoms with Gasteiger partial charge in [-0.2, -0.15) is 0 Å². The van der Waals surface area contributed by atoms with Crippen molar-refractivity contribution in [2.75, 3.05) is 19.5 Å². The molecule has 7 nitrogen and oxygen atoms in total. The molecule has 0 aliphatic rings. The van der Waals surface area contributed by atoms with Crippen molar-refractivity contribution in [2.45, 2.75) is 6.92 Å². The number of rotatable bonds is 4. The number of pyridine rings is 1. The Labute approximate surface area is 155 Å². The van der Waals surface area contributed by atoms with Crippen LogP contribution in [0.4, 0.5) is 5.69 Å². The number of hydrogen-bond donors (Lipinski definition) is 2. The summed E-state index contributed by atoms with van der Waals surface area (Å²) in [6.07, 6.45) is 0. The van der Waals surface area contributed by atoms with Crippen molar-refractivity contribution in [3.05, 3.63) is 57.9 Å². The van der Waals surface area contributed by atoms with Gasteiger partial charge in [-0.05, 0) is 30.7 Å². The van der Waals surface area contributed by atoms with Crippen molar-refractivity contribution in [3.63, 3.8) is 0 Å². The lowest BCUT2D eigenvalue weighted by atomic mass is 10.0. The van der Waals surface area contributed by atoms with Gasteiger partial charge in [0.2, 0.25) is 5.88 Å². The first-order valence-corrected chi connectivity index (χ1v) is 8.23. The molecule has 3 rings (SSSR count). The fourth-order valence-electron chi connectivity index (χ4n) is 2.95. The summed E-state index contributed by atoms with van der Waals surface area (Å²) in [5, 5.41) is 13.8. The minimum atomic E-state index is -0.533. The van der Waals surface area contributed by atoms with Gasteiger partial charge in [0.1, 0.15) is 5.56 Å². The number of benzene rings is 2. The molecule has 0 spiro atoms. The molecule has 0 radical (unpaired) electrons. The molecule has 140 valence electrons. The fraction of sp³-hybridized carbons (Fsp3) is 0.200. The van der Waals surface area contributed by atoms with Gasteiger partial charge >= 0.3 is 0 Å². The Morgan fingerprint density at radius 1 is 1.07 bits per heavy atom. The van der Waals surface area contributed by atoms with Crippen LogP contribution in [0.1, 0.15) is 15.9 Å². The van der Waals surface area contributed by atoms with E-state index < -0.39 is 17.3 Å². The number of para-hydroxylation sites is 1. The number of fused-ring (bicyclic) bond motifs is 1. The Balaban J connectivity index is 2.26. The zero-order valence-corrected chi connectivity index (χ0v) is 15.5. The van der Waals surface area contributed by atoms with Gasteiger partial charge in [-0.15, -0.1) is 0 Å². The second-order valence-electron chi connectivity index (χ2n) is 6.08. The highest BCUT2D eigenvalue weighted by Gasteiger charge is 2.23. The first-order valence-electron chi connectivity index (χ1n) is 8.23. The van der Waals surface area contributed by atoms with E-state index in [1.807, 2.05) is 19.1 Å². The Kier molecular flexibility index (Phi) is 4.77. The van der Waals surface area contributed by atoms with Crippen molar-refractivity contribution in [1.82, 2.24) is 4.57 Å². The number of aromatic nitrogens is 1. The van der Waals surface area contributed by atoms with Crippen LogP contribution in [0, 0.1) is 6.92 Å². The van der Waals surface area contributed by atoms with E-state index in [-0.39, 0.29) is 16.3 Å². The molecule has 1 aromatic heterocycles. The summed E-state index contributed by atoms with van der Waals surface area (Å²) in [5.74, 6) is -0.249. The summed E-state index contributed by atoms with van der Waals surface area (Å²) in [7, 11) is 4.32. The Morgan fingerprint density at radius 3 is 2.26 bits per heavy atom. The SMILES string of the molecule is COc1cc2c(C(=O)Nc3ccccc3C)c(O)n(C)c(=O)c2cc1OC. The normalized spacial score (nSPS) is 10.7. The number of ether oxygens (including phenoxy) is 2. The number of aromatic hydroxyl groups is 1. The minimum absolute atomic E-state index is 0.0173. The van der Waals surface area contributed by atoms with E-state index in [9.17, 15) is 14.7 Å². The van der Waals surface area contributed by atoms with Gasteiger partial charge in [0.15, 0.2) is 11.5 Å². The summed E-state index contributed by atoms with van der Waals surface area (Å²) in [6, 6.07) is 10.3. The third kappa shape index (κ3) is 3.08. The van der Waals surface area contributed by atoms with Crippen LogP contribution in [-0.4, -0.2) is 29.8 Å². The zero-order chi connectivity index (χ0) is 19.7. The number of aryl methyl sites for hydroxylation is 1. The highest BCUT2D eigenvalue weighted by molar-refractivity contribution is 6.15. The predicted molar refractivity (Wildman–Crippen MR) is 103 cm³/mol. The maximum atomic E-state index is 13.0. The van der Waals surface area contributed by atoms with Crippen molar-refractivity contribution in [3.8, 4) is 17.4 Å². The fourth-order valence-corrected chi connectivity index (χ4v) is 2.95. The number of nitrogens with zero attached hydrogens (tertiary/aromatic N) is 1. The topological polar surface area (TPSA) is 89.8 Å². The molecule has 0 atom stereocenters. The molecule has 0 fully saturated rings. The van der Waals surface area contributed by atoms with Crippen LogP contribution >= 0.6 is 0 Å². The number of anilines is 1. The molecule has 0 saturated heterocycles. The van der Waals surface area contributed by atoms with Crippen LogP contribution in [0.25, 0.3) is 10.8 Å². The maximum absolute atomic E-state index is 13.0. The smallest absolute Gasteiger partial charge is 0.261 e. The second-order valence-corrected chi connectivity index (χ2v) is 6.08. The molecule has 1 heterocycles. The number of amides is 1. The predicted octanol–water partition coefficient (Wildman–Crippen LogP) is 2.82. The molecule has 1 amide bonds. The third-order valence-corrected chi connectivity index (χ3v) is 4.49. The lowest BCUT2D eigenvalue weighted by Gasteiger charge is -2.16. The highest BCUT2D eigenvalue weighted by atomic mass is 16.5. The lowest BCUT2D eigenvalue weighted by Crippen LogP contribution is -2.22. The summed E-state index contributed by atoms with van der Waals surface area (Å²) < 4.78 is 11.6. The molecule has 7 heteroatoms. The summed E-state index contributed by atoms with van der Waals surface area (Å²) in [6.45, 7) is 1.86. The average Bonchev–Trinajstić information content (AvgIpc) is 2.67. The first-order chi connectivity index (χ1) is 12.9. The first kappa shape index (κ1) is 18.3. The van der Waals surface area contributed by atoms with Crippen molar-refractivity contribution < 1.29 is 19.4 Å². The molecule has 0 saturated carbocycles. The van der Waals surface area contributed by atoms with Crippen molar-refractivity contribution in [1.29, 1.82) is 0 Å². The van der Waals surface area contributed by atoms with Gasteiger partial charge in [0.25, 0.3) is 11.5 Å². The van der Waals surface area contributed by atoms with Crippen molar-refractivity contribution in [2.24, 2.45) is 7.05 Å². The molecule has 0 aliphatic carbocycles.